The van der Waals surface area contributed by atoms with Crippen LogP contribution < -0.4 is 5.32 Å². The molecule has 1 N–H and O–H groups in total. The second-order valence-corrected chi connectivity index (χ2v) is 6.04. The molecule has 0 saturated carbocycles. The summed E-state index contributed by atoms with van der Waals surface area (Å²) in [4.78, 5) is 15.0. The van der Waals surface area contributed by atoms with Gasteiger partial charge in [-0.15, -0.1) is 11.3 Å². The normalized spacial score (nSPS) is 24.1. The molecule has 0 bridgehead atoms. The van der Waals surface area contributed by atoms with E-state index in [1.54, 1.807) is 11.3 Å². The average Bonchev–Trinajstić information content (AvgIpc) is 2.97. The zero-order chi connectivity index (χ0) is 12.3. The van der Waals surface area contributed by atoms with Gasteiger partial charge in [-0.2, -0.15) is 0 Å². The Hall–Kier alpha value is -0.670. The zero-order valence-electron chi connectivity index (χ0n) is 10.7. The maximum absolute atomic E-state index is 12.4. The summed E-state index contributed by atoms with van der Waals surface area (Å²) in [6.07, 6.45) is 4.72. The molecule has 1 saturated heterocycles. The van der Waals surface area contributed by atoms with E-state index in [4.69, 9.17) is 0 Å². The number of hydrogen-bond acceptors (Lipinski definition) is 3. The monoisotopic (exact) mass is 251 g/mol. The van der Waals surface area contributed by atoms with Gasteiger partial charge in [0.15, 0.2) is 5.78 Å². The van der Waals surface area contributed by atoms with Gasteiger partial charge in [0.1, 0.15) is 0 Å². The van der Waals surface area contributed by atoms with Gasteiger partial charge in [0, 0.05) is 16.2 Å². The fraction of sp³-hybridized carbons (Fsp3) is 0.643. The van der Waals surface area contributed by atoms with Crippen LogP contribution in [0.4, 0.5) is 0 Å². The van der Waals surface area contributed by atoms with Gasteiger partial charge in [0.2, 0.25) is 0 Å². The minimum absolute atomic E-state index is 0.226. The summed E-state index contributed by atoms with van der Waals surface area (Å²) in [7, 11) is 0. The summed E-state index contributed by atoms with van der Waals surface area (Å²) in [5.74, 6) is 0.377. The van der Waals surface area contributed by atoms with E-state index < -0.39 is 0 Å². The number of ketones is 1. The van der Waals surface area contributed by atoms with Gasteiger partial charge in [-0.25, -0.2) is 0 Å². The largest absolute Gasteiger partial charge is 0.305 e. The van der Waals surface area contributed by atoms with Crippen LogP contribution in [0.25, 0.3) is 0 Å². The Labute approximate surface area is 107 Å². The lowest BCUT2D eigenvalue weighted by atomic mass is 9.87. The highest BCUT2D eigenvalue weighted by Gasteiger charge is 2.38. The van der Waals surface area contributed by atoms with Crippen molar-refractivity contribution in [2.75, 3.05) is 6.54 Å². The lowest BCUT2D eigenvalue weighted by molar-refractivity contribution is -0.124. The molecule has 1 unspecified atom stereocenters. The molecule has 1 aliphatic heterocycles. The highest BCUT2D eigenvalue weighted by atomic mass is 32.1. The number of rotatable bonds is 5. The average molecular weight is 251 g/mol. The third-order valence-corrected chi connectivity index (χ3v) is 5.01. The molecule has 0 aromatic carbocycles. The first-order valence-electron chi connectivity index (χ1n) is 6.56. The Morgan fingerprint density at radius 3 is 2.71 bits per heavy atom. The van der Waals surface area contributed by atoms with Crippen molar-refractivity contribution in [3.8, 4) is 0 Å². The summed E-state index contributed by atoms with van der Waals surface area (Å²) in [5.41, 5.74) is -0.226. The van der Waals surface area contributed by atoms with E-state index in [2.05, 4.69) is 31.3 Å². The van der Waals surface area contributed by atoms with E-state index in [0.29, 0.717) is 12.2 Å². The van der Waals surface area contributed by atoms with E-state index >= 15 is 0 Å². The quantitative estimate of drug-likeness (QED) is 0.871. The highest BCUT2D eigenvalue weighted by molar-refractivity contribution is 7.12. The molecule has 17 heavy (non-hydrogen) atoms. The van der Waals surface area contributed by atoms with Crippen LogP contribution in [0, 0.1) is 0 Å². The number of thiophene rings is 1. The first-order chi connectivity index (χ1) is 8.20. The molecule has 0 radical (unpaired) electrons. The first-order valence-corrected chi connectivity index (χ1v) is 7.38. The molecule has 1 aromatic rings. The Morgan fingerprint density at radius 1 is 1.41 bits per heavy atom. The van der Waals surface area contributed by atoms with Gasteiger partial charge in [0.25, 0.3) is 0 Å². The fourth-order valence-corrected chi connectivity index (χ4v) is 3.53. The van der Waals surface area contributed by atoms with Crippen molar-refractivity contribution in [3.63, 3.8) is 0 Å². The molecule has 2 nitrogen and oxygen atoms in total. The number of hydrogen-bond donors (Lipinski definition) is 1. The fourth-order valence-electron chi connectivity index (χ4n) is 2.58. The van der Waals surface area contributed by atoms with Gasteiger partial charge in [-0.1, -0.05) is 13.8 Å². The zero-order valence-corrected chi connectivity index (χ0v) is 11.5. The SMILES string of the molecule is CCc1ccc(CC(=O)C2(CC)CCCN2)s1. The number of carbonyl (C=O) groups is 1. The van der Waals surface area contributed by atoms with Crippen molar-refractivity contribution in [2.45, 2.75) is 51.5 Å². The van der Waals surface area contributed by atoms with E-state index in [0.717, 1.165) is 32.2 Å². The van der Waals surface area contributed by atoms with Crippen LogP contribution in [-0.2, 0) is 17.6 Å². The summed E-state index contributed by atoms with van der Waals surface area (Å²) in [5, 5.41) is 3.42. The molecule has 94 valence electrons. The van der Waals surface area contributed by atoms with E-state index in [1.807, 2.05) is 0 Å². The maximum atomic E-state index is 12.4. The maximum Gasteiger partial charge on any atom is 0.158 e. The second-order valence-electron chi connectivity index (χ2n) is 4.79. The van der Waals surface area contributed by atoms with E-state index in [9.17, 15) is 4.79 Å². The molecule has 2 rings (SSSR count). The van der Waals surface area contributed by atoms with E-state index in [-0.39, 0.29) is 5.54 Å². The van der Waals surface area contributed by atoms with Gasteiger partial charge in [0.05, 0.1) is 5.54 Å². The minimum atomic E-state index is -0.226. The van der Waals surface area contributed by atoms with Crippen LogP contribution in [0.3, 0.4) is 0 Å². The molecule has 1 aliphatic rings. The molecule has 1 atom stereocenters. The van der Waals surface area contributed by atoms with Crippen LogP contribution >= 0.6 is 11.3 Å². The smallest absolute Gasteiger partial charge is 0.158 e. The number of aryl methyl sites for hydroxylation is 1. The predicted molar refractivity (Wildman–Crippen MR) is 72.7 cm³/mol. The molecule has 0 aliphatic carbocycles. The van der Waals surface area contributed by atoms with Gasteiger partial charge < -0.3 is 5.32 Å². The van der Waals surface area contributed by atoms with Crippen molar-refractivity contribution >= 4 is 17.1 Å². The van der Waals surface area contributed by atoms with Crippen molar-refractivity contribution in [1.29, 1.82) is 0 Å². The standard InChI is InChI=1S/C14H21NOS/c1-3-11-6-7-12(17-11)10-13(16)14(4-2)8-5-9-15-14/h6-7,15H,3-5,8-10H2,1-2H3. The molecular weight excluding hydrogens is 230 g/mol. The Kier molecular flexibility index (Phi) is 4.00. The lowest BCUT2D eigenvalue weighted by Crippen LogP contribution is -2.47. The van der Waals surface area contributed by atoms with E-state index in [1.165, 1.54) is 9.75 Å². The van der Waals surface area contributed by atoms with Crippen LogP contribution in [0.1, 0.15) is 42.9 Å². The van der Waals surface area contributed by atoms with Crippen molar-refractivity contribution in [3.05, 3.63) is 21.9 Å². The minimum Gasteiger partial charge on any atom is -0.305 e. The molecular formula is C14H21NOS. The summed E-state index contributed by atoms with van der Waals surface area (Å²) in [6, 6.07) is 4.26. The highest BCUT2D eigenvalue weighted by Crippen LogP contribution is 2.27. The van der Waals surface area contributed by atoms with Crippen molar-refractivity contribution in [1.82, 2.24) is 5.32 Å². The summed E-state index contributed by atoms with van der Waals surface area (Å²) in [6.45, 7) is 5.26. The topological polar surface area (TPSA) is 29.1 Å². The second kappa shape index (κ2) is 5.32. The van der Waals surface area contributed by atoms with Crippen molar-refractivity contribution in [2.24, 2.45) is 0 Å². The molecule has 2 heterocycles. The molecule has 3 heteroatoms. The molecule has 1 fully saturated rings. The van der Waals surface area contributed by atoms with Gasteiger partial charge in [-0.3, -0.25) is 4.79 Å². The lowest BCUT2D eigenvalue weighted by Gasteiger charge is -2.26. The molecule has 0 amide bonds. The van der Waals surface area contributed by atoms with Crippen LogP contribution in [0.2, 0.25) is 0 Å². The molecule has 0 spiro atoms. The summed E-state index contributed by atoms with van der Waals surface area (Å²) < 4.78 is 0. The Bertz CT molecular complexity index is 391. The first kappa shape index (κ1) is 12.8. The Balaban J connectivity index is 2.05. The van der Waals surface area contributed by atoms with Gasteiger partial charge in [-0.05, 0) is 44.4 Å². The number of carbonyl (C=O) groups excluding carboxylic acids is 1. The third kappa shape index (κ3) is 2.61. The third-order valence-electron chi connectivity index (χ3n) is 3.78. The van der Waals surface area contributed by atoms with Crippen LogP contribution in [0.5, 0.6) is 0 Å². The van der Waals surface area contributed by atoms with Crippen LogP contribution in [-0.4, -0.2) is 17.9 Å². The Morgan fingerprint density at radius 2 is 2.18 bits per heavy atom. The molecule has 1 aromatic heterocycles. The number of Topliss-reactive ketones (excluding diaryl/α,β-unsaturated/α-hetero) is 1. The predicted octanol–water partition coefficient (Wildman–Crippen LogP) is 2.95. The number of nitrogens with one attached hydrogen (secondary N) is 1. The summed E-state index contributed by atoms with van der Waals surface area (Å²) >= 11 is 1.78. The van der Waals surface area contributed by atoms with Crippen molar-refractivity contribution < 1.29 is 4.79 Å². The van der Waals surface area contributed by atoms with Crippen LogP contribution in [0.15, 0.2) is 12.1 Å². The van der Waals surface area contributed by atoms with Gasteiger partial charge >= 0.3 is 0 Å².